The Bertz CT molecular complexity index is 721. The molecule has 0 bridgehead atoms. The molecule has 1 atom stereocenters. The first kappa shape index (κ1) is 17.3. The normalized spacial score (nSPS) is 22.7. The second-order valence-corrected chi connectivity index (χ2v) is 8.09. The van der Waals surface area contributed by atoms with E-state index in [4.69, 9.17) is 27.9 Å². The molecule has 1 fully saturated rings. The summed E-state index contributed by atoms with van der Waals surface area (Å²) in [7, 11) is -2.53. The molecule has 2 rings (SSSR count). The summed E-state index contributed by atoms with van der Waals surface area (Å²) in [6.07, 6.45) is 0.239. The van der Waals surface area contributed by atoms with Crippen LogP contribution >= 0.6 is 23.2 Å². The summed E-state index contributed by atoms with van der Waals surface area (Å²) in [6, 6.07) is 2.54. The van der Waals surface area contributed by atoms with Gasteiger partial charge in [-0.15, -0.1) is 0 Å². The van der Waals surface area contributed by atoms with E-state index in [1.165, 1.54) is 26.2 Å². The molecule has 1 saturated heterocycles. The minimum Gasteiger partial charge on any atom is -0.495 e. The van der Waals surface area contributed by atoms with Gasteiger partial charge in [-0.3, -0.25) is 4.79 Å². The maximum atomic E-state index is 12.7. The maximum Gasteiger partial charge on any atom is 0.310 e. The van der Waals surface area contributed by atoms with Gasteiger partial charge in [0.05, 0.1) is 22.6 Å². The van der Waals surface area contributed by atoms with Crippen LogP contribution in [-0.2, 0) is 14.8 Å². The molecule has 0 amide bonds. The average molecular weight is 368 g/mol. The van der Waals surface area contributed by atoms with Crippen LogP contribution in [0, 0.1) is 5.41 Å². The van der Waals surface area contributed by atoms with Gasteiger partial charge >= 0.3 is 5.97 Å². The Morgan fingerprint density at radius 2 is 2.00 bits per heavy atom. The number of carboxylic acid groups (broad SMARTS) is 1. The van der Waals surface area contributed by atoms with Gasteiger partial charge in [0.2, 0.25) is 10.0 Å². The zero-order valence-electron chi connectivity index (χ0n) is 12.0. The van der Waals surface area contributed by atoms with Crippen LogP contribution in [0.3, 0.4) is 0 Å². The molecule has 1 heterocycles. The van der Waals surface area contributed by atoms with E-state index >= 15 is 0 Å². The number of benzene rings is 1. The number of methoxy groups -OCH3 is 1. The first-order chi connectivity index (χ1) is 10.1. The summed E-state index contributed by atoms with van der Waals surface area (Å²) < 4.78 is 31.4. The van der Waals surface area contributed by atoms with E-state index in [0.717, 1.165) is 4.31 Å². The fraction of sp³-hybridized carbons (Fsp3) is 0.462. The average Bonchev–Trinajstić information content (AvgIpc) is 2.85. The number of ether oxygens (including phenoxy) is 1. The lowest BCUT2D eigenvalue weighted by Crippen LogP contribution is -2.35. The minimum absolute atomic E-state index is 0.0230. The summed E-state index contributed by atoms with van der Waals surface area (Å²) in [6.45, 7) is 1.53. The van der Waals surface area contributed by atoms with Crippen LogP contribution in [0.4, 0.5) is 0 Å². The fourth-order valence-electron chi connectivity index (χ4n) is 2.30. The Hall–Kier alpha value is -1.02. The summed E-state index contributed by atoms with van der Waals surface area (Å²) in [5, 5.41) is 9.30. The number of hydrogen-bond acceptors (Lipinski definition) is 4. The van der Waals surface area contributed by atoms with Gasteiger partial charge in [-0.25, -0.2) is 8.42 Å². The predicted molar refractivity (Wildman–Crippen MR) is 82.1 cm³/mol. The lowest BCUT2D eigenvalue weighted by molar-refractivity contribution is -0.146. The second-order valence-electron chi connectivity index (χ2n) is 5.37. The summed E-state index contributed by atoms with van der Waals surface area (Å²) in [5.41, 5.74) is -1.10. The molecule has 0 aromatic heterocycles. The first-order valence-corrected chi connectivity index (χ1v) is 8.58. The lowest BCUT2D eigenvalue weighted by atomic mass is 9.90. The Balaban J connectivity index is 2.41. The third-order valence-electron chi connectivity index (χ3n) is 3.78. The monoisotopic (exact) mass is 367 g/mol. The molecule has 1 aromatic rings. The van der Waals surface area contributed by atoms with Gasteiger partial charge in [0.25, 0.3) is 0 Å². The van der Waals surface area contributed by atoms with Crippen molar-refractivity contribution in [3.63, 3.8) is 0 Å². The number of halogens is 2. The van der Waals surface area contributed by atoms with Crippen molar-refractivity contribution in [2.45, 2.75) is 18.2 Å². The third kappa shape index (κ3) is 2.90. The van der Waals surface area contributed by atoms with Crippen molar-refractivity contribution in [3.8, 4) is 5.75 Å². The zero-order chi connectivity index (χ0) is 16.7. The SMILES string of the molecule is COc1cc(Cl)c(S(=O)(=O)N2CCC(C)(C(=O)O)C2)cc1Cl. The molecule has 22 heavy (non-hydrogen) atoms. The number of hydrogen-bond donors (Lipinski definition) is 1. The Morgan fingerprint density at radius 1 is 1.36 bits per heavy atom. The molecule has 6 nitrogen and oxygen atoms in total. The van der Waals surface area contributed by atoms with Gasteiger partial charge < -0.3 is 9.84 Å². The number of sulfonamides is 1. The van der Waals surface area contributed by atoms with Gasteiger partial charge in [-0.05, 0) is 19.4 Å². The molecular weight excluding hydrogens is 353 g/mol. The van der Waals surface area contributed by atoms with Crippen LogP contribution in [0.1, 0.15) is 13.3 Å². The molecule has 9 heteroatoms. The van der Waals surface area contributed by atoms with Crippen LogP contribution < -0.4 is 4.74 Å². The van der Waals surface area contributed by atoms with Gasteiger partial charge in [-0.2, -0.15) is 4.31 Å². The molecule has 1 unspecified atom stereocenters. The van der Waals surface area contributed by atoms with Crippen molar-refractivity contribution >= 4 is 39.2 Å². The van der Waals surface area contributed by atoms with E-state index in [1.54, 1.807) is 0 Å². The van der Waals surface area contributed by atoms with Gasteiger partial charge in [0.1, 0.15) is 10.6 Å². The van der Waals surface area contributed by atoms with Crippen molar-refractivity contribution in [1.82, 2.24) is 4.31 Å². The summed E-state index contributed by atoms with van der Waals surface area (Å²) in [4.78, 5) is 11.1. The topological polar surface area (TPSA) is 83.9 Å². The van der Waals surface area contributed by atoms with E-state index in [-0.39, 0.29) is 40.2 Å². The molecule has 1 aliphatic rings. The molecule has 122 valence electrons. The highest BCUT2D eigenvalue weighted by molar-refractivity contribution is 7.89. The van der Waals surface area contributed by atoms with Crippen molar-refractivity contribution in [2.75, 3.05) is 20.2 Å². The van der Waals surface area contributed by atoms with Crippen molar-refractivity contribution in [2.24, 2.45) is 5.41 Å². The van der Waals surface area contributed by atoms with E-state index in [1.807, 2.05) is 0 Å². The van der Waals surface area contributed by atoms with Crippen LogP contribution in [-0.4, -0.2) is 44.0 Å². The predicted octanol–water partition coefficient (Wildman–Crippen LogP) is 2.49. The number of nitrogens with zero attached hydrogens (tertiary/aromatic N) is 1. The summed E-state index contributed by atoms with van der Waals surface area (Å²) in [5.74, 6) is -0.758. The van der Waals surface area contributed by atoms with Crippen molar-refractivity contribution < 1.29 is 23.1 Å². The smallest absolute Gasteiger partial charge is 0.310 e. The molecule has 1 N–H and O–H groups in total. The second kappa shape index (κ2) is 5.88. The largest absolute Gasteiger partial charge is 0.495 e. The van der Waals surface area contributed by atoms with E-state index in [9.17, 15) is 18.3 Å². The van der Waals surface area contributed by atoms with Crippen LogP contribution in [0.25, 0.3) is 0 Å². The third-order valence-corrected chi connectivity index (χ3v) is 6.38. The molecule has 1 aliphatic heterocycles. The quantitative estimate of drug-likeness (QED) is 0.883. The molecule has 0 saturated carbocycles. The number of carbonyl (C=O) groups is 1. The molecule has 0 aliphatic carbocycles. The Kier molecular flexibility index (Phi) is 4.64. The highest BCUT2D eigenvalue weighted by Crippen LogP contribution is 2.38. The first-order valence-electron chi connectivity index (χ1n) is 6.38. The van der Waals surface area contributed by atoms with E-state index in [0.29, 0.717) is 0 Å². The Morgan fingerprint density at radius 3 is 2.50 bits per heavy atom. The highest BCUT2D eigenvalue weighted by atomic mass is 35.5. The standard InChI is InChI=1S/C13H15Cl2NO5S/c1-13(12(17)18)3-4-16(7-13)22(19,20)11-6-8(14)10(21-2)5-9(11)15/h5-6H,3-4,7H2,1-2H3,(H,17,18). The fourth-order valence-corrected chi connectivity index (χ4v) is 4.69. The zero-order valence-corrected chi connectivity index (χ0v) is 14.3. The number of carboxylic acids is 1. The van der Waals surface area contributed by atoms with E-state index in [2.05, 4.69) is 0 Å². The van der Waals surface area contributed by atoms with Gasteiger partial charge in [-0.1, -0.05) is 23.2 Å². The lowest BCUT2D eigenvalue weighted by Gasteiger charge is -2.21. The van der Waals surface area contributed by atoms with Crippen LogP contribution in [0.2, 0.25) is 10.0 Å². The van der Waals surface area contributed by atoms with Crippen molar-refractivity contribution in [3.05, 3.63) is 22.2 Å². The van der Waals surface area contributed by atoms with Crippen LogP contribution in [0.15, 0.2) is 17.0 Å². The molecule has 0 radical (unpaired) electrons. The number of rotatable bonds is 4. The minimum atomic E-state index is -3.92. The highest BCUT2D eigenvalue weighted by Gasteiger charge is 2.45. The summed E-state index contributed by atoms with van der Waals surface area (Å²) >= 11 is 12.0. The van der Waals surface area contributed by atoms with Gasteiger partial charge in [0.15, 0.2) is 0 Å². The van der Waals surface area contributed by atoms with E-state index < -0.39 is 21.4 Å². The van der Waals surface area contributed by atoms with Gasteiger partial charge in [0, 0.05) is 19.2 Å². The molecule has 0 spiro atoms. The molecular formula is C13H15Cl2NO5S. The number of aliphatic carboxylic acids is 1. The Labute approximate surface area is 138 Å². The maximum absolute atomic E-state index is 12.7. The molecule has 1 aromatic carbocycles. The van der Waals surface area contributed by atoms with Crippen LogP contribution in [0.5, 0.6) is 5.75 Å². The van der Waals surface area contributed by atoms with Crippen molar-refractivity contribution in [1.29, 1.82) is 0 Å².